The standard InChI is InChI=1S/C9H18N2O/c1-7-10-11-9(12-7)8-5-3-2-4-6-8/h7-11H,2-6H2,1H3. The van der Waals surface area contributed by atoms with Crippen LogP contribution in [0.25, 0.3) is 0 Å². The van der Waals surface area contributed by atoms with E-state index in [1.807, 2.05) is 6.92 Å². The lowest BCUT2D eigenvalue weighted by Crippen LogP contribution is -2.37. The Hall–Kier alpha value is -0.120. The van der Waals surface area contributed by atoms with E-state index in [0.717, 1.165) is 5.92 Å². The van der Waals surface area contributed by atoms with Crippen molar-refractivity contribution < 1.29 is 4.74 Å². The summed E-state index contributed by atoms with van der Waals surface area (Å²) in [6, 6.07) is 0. The molecule has 0 spiro atoms. The molecule has 3 nitrogen and oxygen atoms in total. The molecule has 2 aliphatic rings. The molecule has 2 fully saturated rings. The van der Waals surface area contributed by atoms with E-state index in [9.17, 15) is 0 Å². The molecule has 1 aliphatic heterocycles. The van der Waals surface area contributed by atoms with Crippen molar-refractivity contribution in [3.8, 4) is 0 Å². The summed E-state index contributed by atoms with van der Waals surface area (Å²) < 4.78 is 5.68. The van der Waals surface area contributed by atoms with Gasteiger partial charge in [0, 0.05) is 0 Å². The summed E-state index contributed by atoms with van der Waals surface area (Å²) in [5.74, 6) is 0.733. The molecule has 1 saturated carbocycles. The molecule has 0 aromatic rings. The highest BCUT2D eigenvalue weighted by molar-refractivity contribution is 4.75. The predicted molar refractivity (Wildman–Crippen MR) is 47.2 cm³/mol. The van der Waals surface area contributed by atoms with Crippen LogP contribution in [0.5, 0.6) is 0 Å². The molecule has 2 N–H and O–H groups in total. The minimum Gasteiger partial charge on any atom is -0.343 e. The average Bonchev–Trinajstić information content (AvgIpc) is 2.54. The lowest BCUT2D eigenvalue weighted by molar-refractivity contribution is -0.000875. The van der Waals surface area contributed by atoms with Crippen LogP contribution in [0.2, 0.25) is 0 Å². The first-order chi connectivity index (χ1) is 5.86. The third-order valence-corrected chi connectivity index (χ3v) is 2.86. The summed E-state index contributed by atoms with van der Waals surface area (Å²) in [4.78, 5) is 0. The summed E-state index contributed by atoms with van der Waals surface area (Å²) in [6.07, 6.45) is 7.25. The highest BCUT2D eigenvalue weighted by Crippen LogP contribution is 2.28. The van der Waals surface area contributed by atoms with E-state index in [-0.39, 0.29) is 12.5 Å². The quantitative estimate of drug-likeness (QED) is 0.623. The SMILES string of the molecule is CC1NNC(C2CCCCC2)O1. The van der Waals surface area contributed by atoms with Gasteiger partial charge in [-0.1, -0.05) is 19.3 Å². The fourth-order valence-corrected chi connectivity index (χ4v) is 2.15. The van der Waals surface area contributed by atoms with Gasteiger partial charge in [-0.2, -0.15) is 0 Å². The first-order valence-electron chi connectivity index (χ1n) is 5.03. The van der Waals surface area contributed by atoms with Gasteiger partial charge in [-0.25, -0.2) is 10.9 Å². The Bertz CT molecular complexity index is 143. The average molecular weight is 170 g/mol. The Labute approximate surface area is 73.8 Å². The zero-order chi connectivity index (χ0) is 8.39. The van der Waals surface area contributed by atoms with Gasteiger partial charge in [-0.05, 0) is 25.7 Å². The molecule has 0 aromatic heterocycles. The molecule has 0 amide bonds. The number of ether oxygens (including phenoxy) is 1. The summed E-state index contributed by atoms with van der Waals surface area (Å²) in [7, 11) is 0. The normalized spacial score (nSPS) is 38.8. The molecule has 1 aliphatic carbocycles. The van der Waals surface area contributed by atoms with Crippen molar-refractivity contribution in [2.75, 3.05) is 0 Å². The van der Waals surface area contributed by atoms with Crippen LogP contribution in [0.1, 0.15) is 39.0 Å². The fraction of sp³-hybridized carbons (Fsp3) is 1.00. The molecular weight excluding hydrogens is 152 g/mol. The highest BCUT2D eigenvalue weighted by atomic mass is 16.5. The van der Waals surface area contributed by atoms with Crippen molar-refractivity contribution in [1.29, 1.82) is 0 Å². The van der Waals surface area contributed by atoms with E-state index in [2.05, 4.69) is 10.9 Å². The van der Waals surface area contributed by atoms with Gasteiger partial charge in [0.1, 0.15) is 12.5 Å². The molecule has 1 saturated heterocycles. The third kappa shape index (κ3) is 1.79. The first kappa shape index (κ1) is 8.48. The Balaban J connectivity index is 1.83. The minimum atomic E-state index is 0.178. The maximum Gasteiger partial charge on any atom is 0.125 e. The molecule has 2 unspecified atom stereocenters. The van der Waals surface area contributed by atoms with Crippen LogP contribution in [0.15, 0.2) is 0 Å². The molecule has 1 heterocycles. The molecule has 2 atom stereocenters. The van der Waals surface area contributed by atoms with Gasteiger partial charge in [0.05, 0.1) is 0 Å². The van der Waals surface area contributed by atoms with Gasteiger partial charge in [0.25, 0.3) is 0 Å². The van der Waals surface area contributed by atoms with Gasteiger partial charge in [0.15, 0.2) is 0 Å². The molecular formula is C9H18N2O. The van der Waals surface area contributed by atoms with Crippen LogP contribution in [-0.4, -0.2) is 12.5 Å². The van der Waals surface area contributed by atoms with Crippen molar-refractivity contribution in [2.24, 2.45) is 5.92 Å². The maximum atomic E-state index is 5.68. The minimum absolute atomic E-state index is 0.178. The summed E-state index contributed by atoms with van der Waals surface area (Å²) in [6.45, 7) is 2.04. The molecule has 0 aromatic carbocycles. The van der Waals surface area contributed by atoms with E-state index < -0.39 is 0 Å². The topological polar surface area (TPSA) is 33.3 Å². The van der Waals surface area contributed by atoms with Crippen molar-refractivity contribution in [2.45, 2.75) is 51.5 Å². The Kier molecular flexibility index (Phi) is 2.63. The molecule has 0 bridgehead atoms. The van der Waals surface area contributed by atoms with Crippen molar-refractivity contribution in [3.05, 3.63) is 0 Å². The summed E-state index contributed by atoms with van der Waals surface area (Å²) in [5, 5.41) is 0. The Morgan fingerprint density at radius 2 is 1.83 bits per heavy atom. The van der Waals surface area contributed by atoms with E-state index >= 15 is 0 Å². The Morgan fingerprint density at radius 1 is 1.08 bits per heavy atom. The second-order valence-corrected chi connectivity index (χ2v) is 3.89. The van der Waals surface area contributed by atoms with Crippen LogP contribution in [-0.2, 0) is 4.74 Å². The second kappa shape index (κ2) is 3.73. The van der Waals surface area contributed by atoms with Gasteiger partial charge >= 0.3 is 0 Å². The van der Waals surface area contributed by atoms with Crippen LogP contribution >= 0.6 is 0 Å². The maximum absolute atomic E-state index is 5.68. The van der Waals surface area contributed by atoms with Crippen LogP contribution < -0.4 is 10.9 Å². The third-order valence-electron chi connectivity index (χ3n) is 2.86. The van der Waals surface area contributed by atoms with E-state index in [0.29, 0.717) is 0 Å². The van der Waals surface area contributed by atoms with Gasteiger partial charge in [-0.15, -0.1) is 0 Å². The number of hydrogen-bond donors (Lipinski definition) is 2. The molecule has 70 valence electrons. The lowest BCUT2D eigenvalue weighted by atomic mass is 9.88. The fourth-order valence-electron chi connectivity index (χ4n) is 2.15. The van der Waals surface area contributed by atoms with Gasteiger partial charge < -0.3 is 4.74 Å². The first-order valence-corrected chi connectivity index (χ1v) is 5.03. The van der Waals surface area contributed by atoms with E-state index in [4.69, 9.17) is 4.74 Å². The lowest BCUT2D eigenvalue weighted by Gasteiger charge is -2.26. The molecule has 3 heteroatoms. The van der Waals surface area contributed by atoms with Gasteiger partial charge in [0.2, 0.25) is 0 Å². The van der Waals surface area contributed by atoms with Crippen molar-refractivity contribution in [1.82, 2.24) is 10.9 Å². The molecule has 2 rings (SSSR count). The smallest absolute Gasteiger partial charge is 0.125 e. The largest absolute Gasteiger partial charge is 0.343 e. The van der Waals surface area contributed by atoms with E-state index in [1.165, 1.54) is 32.1 Å². The van der Waals surface area contributed by atoms with Crippen LogP contribution in [0.4, 0.5) is 0 Å². The number of hydrazine groups is 1. The summed E-state index contributed by atoms with van der Waals surface area (Å²) in [5.41, 5.74) is 6.30. The Morgan fingerprint density at radius 3 is 2.42 bits per heavy atom. The van der Waals surface area contributed by atoms with Crippen molar-refractivity contribution in [3.63, 3.8) is 0 Å². The second-order valence-electron chi connectivity index (χ2n) is 3.89. The predicted octanol–water partition coefficient (Wildman–Crippen LogP) is 1.36. The zero-order valence-corrected chi connectivity index (χ0v) is 7.68. The van der Waals surface area contributed by atoms with Crippen molar-refractivity contribution >= 4 is 0 Å². The summed E-state index contributed by atoms with van der Waals surface area (Å²) >= 11 is 0. The van der Waals surface area contributed by atoms with Crippen LogP contribution in [0, 0.1) is 5.92 Å². The van der Waals surface area contributed by atoms with Gasteiger partial charge in [-0.3, -0.25) is 0 Å². The number of hydrogen-bond acceptors (Lipinski definition) is 3. The monoisotopic (exact) mass is 170 g/mol. The number of nitrogens with one attached hydrogen (secondary N) is 2. The molecule has 0 radical (unpaired) electrons. The number of rotatable bonds is 1. The van der Waals surface area contributed by atoms with E-state index in [1.54, 1.807) is 0 Å². The molecule has 12 heavy (non-hydrogen) atoms. The van der Waals surface area contributed by atoms with Crippen LogP contribution in [0.3, 0.4) is 0 Å². The highest BCUT2D eigenvalue weighted by Gasteiger charge is 2.29. The zero-order valence-electron chi connectivity index (χ0n) is 7.68.